The summed E-state index contributed by atoms with van der Waals surface area (Å²) >= 11 is 0. The van der Waals surface area contributed by atoms with Crippen LogP contribution >= 0.6 is 0 Å². The monoisotopic (exact) mass is 239 g/mol. The first-order valence-electron chi connectivity index (χ1n) is 5.27. The lowest BCUT2D eigenvalue weighted by Crippen LogP contribution is -2.28. The second kappa shape index (κ2) is 4.50. The van der Waals surface area contributed by atoms with Crippen molar-refractivity contribution in [3.05, 3.63) is 5.82 Å². The smallest absolute Gasteiger partial charge is 0.375 e. The van der Waals surface area contributed by atoms with E-state index in [0.717, 1.165) is 0 Å². The number of carbonyl (C=O) groups excluding carboxylic acids is 2. The van der Waals surface area contributed by atoms with E-state index in [-0.39, 0.29) is 36.7 Å². The molecule has 8 heteroatoms. The summed E-state index contributed by atoms with van der Waals surface area (Å²) in [5.74, 6) is -0.602. The first-order chi connectivity index (χ1) is 8.11. The van der Waals surface area contributed by atoms with E-state index >= 15 is 0 Å². The number of rotatable bonds is 3. The third-order valence-corrected chi connectivity index (χ3v) is 2.34. The molecule has 3 N–H and O–H groups in total. The van der Waals surface area contributed by atoms with E-state index in [9.17, 15) is 9.59 Å². The van der Waals surface area contributed by atoms with Gasteiger partial charge in [-0.3, -0.25) is 14.8 Å². The zero-order valence-corrected chi connectivity index (χ0v) is 9.34. The van der Waals surface area contributed by atoms with Gasteiger partial charge in [-0.15, -0.1) is 5.10 Å². The maximum atomic E-state index is 11.5. The molecule has 0 aliphatic carbocycles. The Bertz CT molecular complexity index is 444. The van der Waals surface area contributed by atoms with Crippen molar-refractivity contribution in [3.63, 3.8) is 0 Å². The van der Waals surface area contributed by atoms with Gasteiger partial charge < -0.3 is 10.5 Å². The number of amides is 1. The summed E-state index contributed by atoms with van der Waals surface area (Å²) in [7, 11) is 0. The van der Waals surface area contributed by atoms with Crippen LogP contribution in [0.1, 0.15) is 24.0 Å². The van der Waals surface area contributed by atoms with Crippen molar-refractivity contribution in [3.8, 4) is 0 Å². The zero-order valence-electron chi connectivity index (χ0n) is 9.34. The van der Waals surface area contributed by atoms with E-state index in [2.05, 4.69) is 15.2 Å². The molecule has 0 saturated carbocycles. The number of aromatic nitrogens is 3. The number of hydrogen-bond acceptors (Lipinski definition) is 6. The van der Waals surface area contributed by atoms with E-state index < -0.39 is 5.97 Å². The standard InChI is InChI=1S/C9H13N5O3/c1-2-17-8(16)7-11-9(13-12-7)14-4-5(10)3-6(14)15/h5H,2-4,10H2,1H3,(H,11,12,13). The molecule has 1 aromatic rings. The number of nitrogens with two attached hydrogens (primary N) is 1. The second-order valence-electron chi connectivity index (χ2n) is 3.67. The Labute approximate surface area is 97.1 Å². The van der Waals surface area contributed by atoms with Crippen LogP contribution in [0.25, 0.3) is 0 Å². The fourth-order valence-electron chi connectivity index (χ4n) is 1.59. The van der Waals surface area contributed by atoms with Gasteiger partial charge in [-0.05, 0) is 6.92 Å². The Morgan fingerprint density at radius 3 is 3.06 bits per heavy atom. The summed E-state index contributed by atoms with van der Waals surface area (Å²) in [5, 5.41) is 6.23. The number of hydrogen-bond donors (Lipinski definition) is 2. The first kappa shape index (κ1) is 11.5. The van der Waals surface area contributed by atoms with Crippen LogP contribution in [0.2, 0.25) is 0 Å². The molecule has 0 aromatic carbocycles. The first-order valence-corrected chi connectivity index (χ1v) is 5.27. The Kier molecular flexibility index (Phi) is 3.05. The molecule has 1 aliphatic heterocycles. The highest BCUT2D eigenvalue weighted by molar-refractivity contribution is 5.95. The molecule has 2 heterocycles. The summed E-state index contributed by atoms with van der Waals surface area (Å²) in [4.78, 5) is 28.1. The third-order valence-electron chi connectivity index (χ3n) is 2.34. The van der Waals surface area contributed by atoms with Crippen molar-refractivity contribution in [2.75, 3.05) is 18.1 Å². The molecule has 1 unspecified atom stereocenters. The Balaban J connectivity index is 2.13. The molecule has 0 spiro atoms. The van der Waals surface area contributed by atoms with Crippen molar-refractivity contribution >= 4 is 17.8 Å². The van der Waals surface area contributed by atoms with Gasteiger partial charge >= 0.3 is 5.97 Å². The number of carbonyl (C=O) groups is 2. The molecule has 2 rings (SSSR count). The summed E-state index contributed by atoms with van der Waals surface area (Å²) in [5.41, 5.74) is 5.65. The summed E-state index contributed by atoms with van der Waals surface area (Å²) in [6.45, 7) is 2.31. The molecular weight excluding hydrogens is 226 g/mol. The van der Waals surface area contributed by atoms with E-state index in [0.29, 0.717) is 6.54 Å². The number of nitrogens with zero attached hydrogens (tertiary/aromatic N) is 3. The number of anilines is 1. The number of ether oxygens (including phenoxy) is 1. The quantitative estimate of drug-likeness (QED) is 0.657. The predicted octanol–water partition coefficient (Wildman–Crippen LogP) is -0.955. The van der Waals surface area contributed by atoms with Crippen LogP contribution in [0.3, 0.4) is 0 Å². The molecule has 1 saturated heterocycles. The van der Waals surface area contributed by atoms with Gasteiger partial charge in [0.25, 0.3) is 5.95 Å². The molecule has 0 radical (unpaired) electrons. The number of esters is 1. The highest BCUT2D eigenvalue weighted by Crippen LogP contribution is 2.16. The lowest BCUT2D eigenvalue weighted by molar-refractivity contribution is -0.117. The second-order valence-corrected chi connectivity index (χ2v) is 3.67. The van der Waals surface area contributed by atoms with Crippen LogP contribution in [0.5, 0.6) is 0 Å². The number of aromatic amines is 1. The normalized spacial score (nSPS) is 19.8. The predicted molar refractivity (Wildman–Crippen MR) is 57.3 cm³/mol. The number of H-pyrrole nitrogens is 1. The largest absolute Gasteiger partial charge is 0.460 e. The lowest BCUT2D eigenvalue weighted by Gasteiger charge is -2.09. The molecule has 1 aliphatic rings. The Morgan fingerprint density at radius 1 is 1.71 bits per heavy atom. The van der Waals surface area contributed by atoms with Gasteiger partial charge in [0.1, 0.15) is 0 Å². The average molecular weight is 239 g/mol. The van der Waals surface area contributed by atoms with Crippen molar-refractivity contribution in [2.45, 2.75) is 19.4 Å². The van der Waals surface area contributed by atoms with E-state index in [1.165, 1.54) is 4.90 Å². The molecule has 1 atom stereocenters. The van der Waals surface area contributed by atoms with Gasteiger partial charge in [0.15, 0.2) is 0 Å². The van der Waals surface area contributed by atoms with Crippen LogP contribution in [-0.4, -0.2) is 46.3 Å². The number of nitrogens with one attached hydrogen (secondary N) is 1. The topological polar surface area (TPSA) is 114 Å². The molecule has 0 bridgehead atoms. The van der Waals surface area contributed by atoms with E-state index in [1.54, 1.807) is 6.92 Å². The fraction of sp³-hybridized carbons (Fsp3) is 0.556. The minimum absolute atomic E-state index is 0.0184. The summed E-state index contributed by atoms with van der Waals surface area (Å²) in [6.07, 6.45) is 0.267. The Morgan fingerprint density at radius 2 is 2.47 bits per heavy atom. The molecule has 8 nitrogen and oxygen atoms in total. The van der Waals surface area contributed by atoms with E-state index in [1.807, 2.05) is 0 Å². The van der Waals surface area contributed by atoms with Crippen LogP contribution < -0.4 is 10.6 Å². The molecule has 1 fully saturated rings. The molecule has 92 valence electrons. The zero-order chi connectivity index (χ0) is 12.4. The van der Waals surface area contributed by atoms with Crippen LogP contribution in [0.4, 0.5) is 5.95 Å². The fourth-order valence-corrected chi connectivity index (χ4v) is 1.59. The minimum Gasteiger partial charge on any atom is -0.460 e. The maximum Gasteiger partial charge on any atom is 0.375 e. The van der Waals surface area contributed by atoms with Gasteiger partial charge in [-0.1, -0.05) is 0 Å². The maximum absolute atomic E-state index is 11.5. The summed E-state index contributed by atoms with van der Waals surface area (Å²) < 4.78 is 4.75. The third kappa shape index (κ3) is 2.26. The van der Waals surface area contributed by atoms with Crippen LogP contribution in [0.15, 0.2) is 0 Å². The van der Waals surface area contributed by atoms with Crippen molar-refractivity contribution in [2.24, 2.45) is 5.73 Å². The molecule has 1 amide bonds. The molecule has 17 heavy (non-hydrogen) atoms. The highest BCUT2D eigenvalue weighted by Gasteiger charge is 2.31. The van der Waals surface area contributed by atoms with Gasteiger partial charge in [0.05, 0.1) is 6.61 Å². The summed E-state index contributed by atoms with van der Waals surface area (Å²) in [6, 6.07) is -0.216. The van der Waals surface area contributed by atoms with Gasteiger partial charge in [0, 0.05) is 19.0 Å². The van der Waals surface area contributed by atoms with E-state index in [4.69, 9.17) is 10.5 Å². The molecule has 1 aromatic heterocycles. The van der Waals surface area contributed by atoms with Crippen LogP contribution in [0, 0.1) is 0 Å². The van der Waals surface area contributed by atoms with Crippen molar-refractivity contribution in [1.29, 1.82) is 0 Å². The van der Waals surface area contributed by atoms with Gasteiger partial charge in [0.2, 0.25) is 11.7 Å². The van der Waals surface area contributed by atoms with Crippen molar-refractivity contribution in [1.82, 2.24) is 15.2 Å². The van der Waals surface area contributed by atoms with Gasteiger partial charge in [-0.2, -0.15) is 4.98 Å². The minimum atomic E-state index is -0.595. The molecular formula is C9H13N5O3. The SMILES string of the molecule is CCOC(=O)c1nc(N2CC(N)CC2=O)n[nH]1. The average Bonchev–Trinajstić information content (AvgIpc) is 2.85. The van der Waals surface area contributed by atoms with Crippen molar-refractivity contribution < 1.29 is 14.3 Å². The van der Waals surface area contributed by atoms with Crippen LogP contribution in [-0.2, 0) is 9.53 Å². The highest BCUT2D eigenvalue weighted by atomic mass is 16.5. The van der Waals surface area contributed by atoms with Gasteiger partial charge in [-0.25, -0.2) is 4.79 Å². The Hall–Kier alpha value is -1.96. The lowest BCUT2D eigenvalue weighted by atomic mass is 10.3.